The molecule has 0 amide bonds. The molecular weight excluding hydrogens is 270 g/mol. The van der Waals surface area contributed by atoms with E-state index in [0.29, 0.717) is 30.7 Å². The van der Waals surface area contributed by atoms with Crippen LogP contribution in [0.4, 0.5) is 0 Å². The number of aromatic hydroxyl groups is 1. The number of phenolic OH excluding ortho intramolecular Hbond substituents is 1. The lowest BCUT2D eigenvalue weighted by Crippen LogP contribution is -2.36. The molecule has 0 atom stereocenters. The molecule has 0 aliphatic carbocycles. The van der Waals surface area contributed by atoms with E-state index in [1.807, 2.05) is 6.07 Å². The number of methoxy groups -OCH3 is 1. The first-order chi connectivity index (χ1) is 10.2. The van der Waals surface area contributed by atoms with Crippen molar-refractivity contribution in [2.45, 2.75) is 39.3 Å². The first kappa shape index (κ1) is 15.9. The molecule has 0 saturated carbocycles. The van der Waals surface area contributed by atoms with Crippen LogP contribution in [0.2, 0.25) is 0 Å². The zero-order chi connectivity index (χ0) is 15.2. The maximum absolute atomic E-state index is 10.2. The van der Waals surface area contributed by atoms with Crippen molar-refractivity contribution in [3.8, 4) is 17.2 Å². The number of phenols is 1. The Morgan fingerprint density at radius 3 is 2.52 bits per heavy atom. The van der Waals surface area contributed by atoms with Gasteiger partial charge in [-0.05, 0) is 18.9 Å². The van der Waals surface area contributed by atoms with Gasteiger partial charge < -0.3 is 19.3 Å². The average Bonchev–Trinajstić information content (AvgIpc) is 2.92. The highest BCUT2D eigenvalue weighted by Gasteiger charge is 2.21. The van der Waals surface area contributed by atoms with Crippen molar-refractivity contribution in [2.75, 3.05) is 27.1 Å². The maximum atomic E-state index is 10.2. The van der Waals surface area contributed by atoms with Gasteiger partial charge in [-0.25, -0.2) is 0 Å². The van der Waals surface area contributed by atoms with E-state index < -0.39 is 0 Å². The average molecular weight is 295 g/mol. The molecule has 0 spiro atoms. The zero-order valence-corrected chi connectivity index (χ0v) is 13.1. The Hall–Kier alpha value is -1.46. The molecule has 1 aliphatic heterocycles. The van der Waals surface area contributed by atoms with Gasteiger partial charge in [0.25, 0.3) is 0 Å². The first-order valence-corrected chi connectivity index (χ1v) is 7.54. The fraction of sp³-hybridized carbons (Fsp3) is 0.625. The van der Waals surface area contributed by atoms with Crippen molar-refractivity contribution in [2.24, 2.45) is 0 Å². The van der Waals surface area contributed by atoms with Crippen LogP contribution in [0.1, 0.15) is 32.3 Å². The maximum Gasteiger partial charge on any atom is 0.231 e. The van der Waals surface area contributed by atoms with Crippen molar-refractivity contribution >= 4 is 0 Å². The lowest BCUT2D eigenvalue weighted by molar-refractivity contribution is 0.109. The van der Waals surface area contributed by atoms with Gasteiger partial charge in [0, 0.05) is 37.9 Å². The van der Waals surface area contributed by atoms with Crippen LogP contribution in [0.3, 0.4) is 0 Å². The second-order valence-electron chi connectivity index (χ2n) is 5.27. The molecule has 1 aromatic rings. The summed E-state index contributed by atoms with van der Waals surface area (Å²) in [5, 5.41) is 10.2. The number of hydrogen-bond donors (Lipinski definition) is 1. The second-order valence-corrected chi connectivity index (χ2v) is 5.27. The number of ether oxygens (including phenoxy) is 3. The summed E-state index contributed by atoms with van der Waals surface area (Å²) in [5.74, 6) is 1.58. The van der Waals surface area contributed by atoms with Crippen LogP contribution in [-0.2, 0) is 11.3 Å². The van der Waals surface area contributed by atoms with Crippen molar-refractivity contribution < 1.29 is 19.3 Å². The summed E-state index contributed by atoms with van der Waals surface area (Å²) in [7, 11) is 1.71. The Labute approximate surface area is 126 Å². The fourth-order valence-electron chi connectivity index (χ4n) is 2.72. The van der Waals surface area contributed by atoms with Crippen LogP contribution >= 0.6 is 0 Å². The number of fused-ring (bicyclic) bond motifs is 1. The van der Waals surface area contributed by atoms with Gasteiger partial charge in [-0.15, -0.1) is 0 Å². The Kier molecular flexibility index (Phi) is 5.70. The predicted octanol–water partition coefficient (Wildman–Crippen LogP) is 2.76. The van der Waals surface area contributed by atoms with Gasteiger partial charge in [0.1, 0.15) is 5.75 Å². The Morgan fingerprint density at radius 1 is 1.24 bits per heavy atom. The van der Waals surface area contributed by atoms with Gasteiger partial charge in [-0.2, -0.15) is 0 Å². The Bertz CT molecular complexity index is 460. The summed E-state index contributed by atoms with van der Waals surface area (Å²) < 4.78 is 15.9. The standard InChI is InChI=1S/C16H25NO4/c1-4-13(5-2)17(6-7-19-3)10-12-8-15-16(9-14(12)18)21-11-20-15/h8-9,13,18H,4-7,10-11H2,1-3H3. The molecule has 2 rings (SSSR count). The van der Waals surface area contributed by atoms with Gasteiger partial charge in [-0.1, -0.05) is 13.8 Å². The van der Waals surface area contributed by atoms with Gasteiger partial charge in [0.15, 0.2) is 11.5 Å². The van der Waals surface area contributed by atoms with Crippen molar-refractivity contribution in [3.05, 3.63) is 17.7 Å². The van der Waals surface area contributed by atoms with Crippen LogP contribution in [-0.4, -0.2) is 43.1 Å². The summed E-state index contributed by atoms with van der Waals surface area (Å²) in [5.41, 5.74) is 0.863. The third kappa shape index (κ3) is 3.80. The van der Waals surface area contributed by atoms with Crippen molar-refractivity contribution in [1.82, 2.24) is 4.90 Å². The van der Waals surface area contributed by atoms with Crippen LogP contribution in [0.5, 0.6) is 17.2 Å². The molecule has 118 valence electrons. The summed E-state index contributed by atoms with van der Waals surface area (Å²) in [6.45, 7) is 6.80. The van der Waals surface area contributed by atoms with Gasteiger partial charge in [-0.3, -0.25) is 4.90 Å². The van der Waals surface area contributed by atoms with E-state index in [-0.39, 0.29) is 12.5 Å². The molecule has 1 aliphatic rings. The highest BCUT2D eigenvalue weighted by Crippen LogP contribution is 2.38. The first-order valence-electron chi connectivity index (χ1n) is 7.54. The monoisotopic (exact) mass is 295 g/mol. The molecule has 0 fully saturated rings. The minimum absolute atomic E-state index is 0.220. The van der Waals surface area contributed by atoms with Crippen LogP contribution < -0.4 is 9.47 Å². The Morgan fingerprint density at radius 2 is 1.90 bits per heavy atom. The Balaban J connectivity index is 2.15. The van der Waals surface area contributed by atoms with Crippen LogP contribution in [0, 0.1) is 0 Å². The minimum atomic E-state index is 0.220. The fourth-order valence-corrected chi connectivity index (χ4v) is 2.72. The zero-order valence-electron chi connectivity index (χ0n) is 13.1. The molecular formula is C16H25NO4. The molecule has 0 radical (unpaired) electrons. The van der Waals surface area contributed by atoms with Gasteiger partial charge in [0.05, 0.1) is 6.61 Å². The molecule has 0 unspecified atom stereocenters. The smallest absolute Gasteiger partial charge is 0.231 e. The van der Waals surface area contributed by atoms with Gasteiger partial charge in [0.2, 0.25) is 6.79 Å². The van der Waals surface area contributed by atoms with E-state index in [9.17, 15) is 5.11 Å². The molecule has 5 heteroatoms. The van der Waals surface area contributed by atoms with E-state index in [4.69, 9.17) is 14.2 Å². The van der Waals surface area contributed by atoms with E-state index in [1.165, 1.54) is 0 Å². The van der Waals surface area contributed by atoms with E-state index in [1.54, 1.807) is 13.2 Å². The largest absolute Gasteiger partial charge is 0.507 e. The topological polar surface area (TPSA) is 51.2 Å². The van der Waals surface area contributed by atoms with Gasteiger partial charge >= 0.3 is 0 Å². The summed E-state index contributed by atoms with van der Waals surface area (Å²) in [6, 6.07) is 3.99. The molecule has 5 nitrogen and oxygen atoms in total. The summed E-state index contributed by atoms with van der Waals surface area (Å²) >= 11 is 0. The van der Waals surface area contributed by atoms with E-state index in [2.05, 4.69) is 18.7 Å². The number of benzene rings is 1. The third-order valence-electron chi connectivity index (χ3n) is 3.99. The van der Waals surface area contributed by atoms with E-state index in [0.717, 1.165) is 24.9 Å². The summed E-state index contributed by atoms with van der Waals surface area (Å²) in [6.07, 6.45) is 2.15. The highest BCUT2D eigenvalue weighted by molar-refractivity contribution is 5.51. The lowest BCUT2D eigenvalue weighted by atomic mass is 10.1. The predicted molar refractivity (Wildman–Crippen MR) is 80.9 cm³/mol. The van der Waals surface area contributed by atoms with E-state index >= 15 is 0 Å². The lowest BCUT2D eigenvalue weighted by Gasteiger charge is -2.30. The molecule has 0 bridgehead atoms. The molecule has 1 heterocycles. The minimum Gasteiger partial charge on any atom is -0.507 e. The second kappa shape index (κ2) is 7.52. The van der Waals surface area contributed by atoms with Crippen LogP contribution in [0.25, 0.3) is 0 Å². The number of rotatable bonds is 8. The number of nitrogens with zero attached hydrogens (tertiary/aromatic N) is 1. The molecule has 1 aromatic carbocycles. The van der Waals surface area contributed by atoms with Crippen LogP contribution in [0.15, 0.2) is 12.1 Å². The molecule has 0 saturated heterocycles. The van der Waals surface area contributed by atoms with Crippen molar-refractivity contribution in [1.29, 1.82) is 0 Å². The van der Waals surface area contributed by atoms with Crippen molar-refractivity contribution in [3.63, 3.8) is 0 Å². The highest BCUT2D eigenvalue weighted by atomic mass is 16.7. The quantitative estimate of drug-likeness (QED) is 0.799. The third-order valence-corrected chi connectivity index (χ3v) is 3.99. The summed E-state index contributed by atoms with van der Waals surface area (Å²) in [4.78, 5) is 2.35. The number of hydrogen-bond acceptors (Lipinski definition) is 5. The molecule has 21 heavy (non-hydrogen) atoms. The SMILES string of the molecule is CCC(CC)N(CCOC)Cc1cc2c(cc1O)OCO2. The normalized spacial score (nSPS) is 13.4. The molecule has 0 aromatic heterocycles. The molecule has 1 N–H and O–H groups in total.